The van der Waals surface area contributed by atoms with Gasteiger partial charge in [-0.3, -0.25) is 14.6 Å². The number of nitrogens with one attached hydrogen (secondary N) is 2. The Bertz CT molecular complexity index is 794. The summed E-state index contributed by atoms with van der Waals surface area (Å²) in [5.74, 6) is -2.89. The van der Waals surface area contributed by atoms with Gasteiger partial charge in [-0.2, -0.15) is 4.39 Å². The molecule has 0 saturated heterocycles. The van der Waals surface area contributed by atoms with Crippen LogP contribution in [0.1, 0.15) is 6.92 Å². The average Bonchev–Trinajstić information content (AvgIpc) is 2.36. The fraction of sp³-hybridized carbons (Fsp3) is 0.0833. The van der Waals surface area contributed by atoms with Gasteiger partial charge in [-0.1, -0.05) is 6.07 Å². The average molecular weight is 279 g/mol. The largest absolute Gasteiger partial charge is 0.492 e. The van der Waals surface area contributed by atoms with Crippen LogP contribution in [0.2, 0.25) is 0 Å². The first-order valence-corrected chi connectivity index (χ1v) is 5.52. The third-order valence-electron chi connectivity index (χ3n) is 2.46. The molecular formula is C12H10FN3O4. The lowest BCUT2D eigenvalue weighted by Gasteiger charge is -2.09. The van der Waals surface area contributed by atoms with Crippen LogP contribution in [0, 0.1) is 5.82 Å². The zero-order valence-electron chi connectivity index (χ0n) is 10.3. The minimum Gasteiger partial charge on any atom is -0.492 e. The van der Waals surface area contributed by atoms with Crippen LogP contribution in [-0.4, -0.2) is 20.6 Å². The number of carbonyl (C=O) groups excluding carboxylic acids is 1. The molecule has 0 bridgehead atoms. The van der Waals surface area contributed by atoms with Crippen molar-refractivity contribution in [3.05, 3.63) is 50.9 Å². The molecule has 7 nitrogen and oxygen atoms in total. The molecule has 3 N–H and O–H groups in total. The number of amides is 1. The number of anilines is 1. The third-order valence-corrected chi connectivity index (χ3v) is 2.46. The molecule has 2 rings (SSSR count). The predicted molar refractivity (Wildman–Crippen MR) is 68.6 cm³/mol. The molecule has 0 unspecified atom stereocenters. The maximum atomic E-state index is 13.3. The minimum absolute atomic E-state index is 0.0916. The number of aromatic hydroxyl groups is 1. The van der Waals surface area contributed by atoms with Crippen LogP contribution in [0.3, 0.4) is 0 Å². The van der Waals surface area contributed by atoms with Crippen LogP contribution in [0.4, 0.5) is 10.1 Å². The zero-order chi connectivity index (χ0) is 14.9. The Labute approximate surface area is 111 Å². The van der Waals surface area contributed by atoms with Crippen molar-refractivity contribution in [2.24, 2.45) is 0 Å². The van der Waals surface area contributed by atoms with E-state index in [1.807, 2.05) is 0 Å². The summed E-state index contributed by atoms with van der Waals surface area (Å²) in [5.41, 5.74) is -1.85. The van der Waals surface area contributed by atoms with Crippen LogP contribution in [0.15, 0.2) is 33.9 Å². The van der Waals surface area contributed by atoms with E-state index in [1.54, 1.807) is 11.1 Å². The fourth-order valence-electron chi connectivity index (χ4n) is 1.67. The van der Waals surface area contributed by atoms with E-state index < -0.39 is 22.9 Å². The Hall–Kier alpha value is -2.90. The topological polar surface area (TPSA) is 104 Å². The summed E-state index contributed by atoms with van der Waals surface area (Å²) >= 11 is 0. The molecule has 1 amide bonds. The molecule has 0 aliphatic carbocycles. The number of aromatic nitrogens is 2. The normalized spacial score (nSPS) is 10.3. The highest BCUT2D eigenvalue weighted by Gasteiger charge is 2.15. The third kappa shape index (κ3) is 2.44. The van der Waals surface area contributed by atoms with Crippen molar-refractivity contribution < 1.29 is 14.3 Å². The van der Waals surface area contributed by atoms with Gasteiger partial charge in [-0.05, 0) is 18.2 Å². The molecule has 0 aliphatic heterocycles. The summed E-state index contributed by atoms with van der Waals surface area (Å²) in [4.78, 5) is 35.3. The smallest absolute Gasteiger partial charge is 0.335 e. The number of halogens is 1. The van der Waals surface area contributed by atoms with E-state index in [9.17, 15) is 23.9 Å². The van der Waals surface area contributed by atoms with Crippen LogP contribution >= 0.6 is 0 Å². The molecule has 1 aromatic heterocycles. The van der Waals surface area contributed by atoms with Gasteiger partial charge in [0.15, 0.2) is 0 Å². The van der Waals surface area contributed by atoms with Gasteiger partial charge in [0.1, 0.15) is 0 Å². The van der Waals surface area contributed by atoms with Crippen LogP contribution in [0.5, 0.6) is 5.88 Å². The summed E-state index contributed by atoms with van der Waals surface area (Å²) in [6.07, 6.45) is 0. The van der Waals surface area contributed by atoms with E-state index in [0.717, 1.165) is 0 Å². The standard InChI is InChI=1S/C12H10FN3O4/c1-6(17)14-7-3-2-4-8(5-7)16-11(19)9(13)10(18)15-12(16)20/h2-5,19H,1H3,(H,14,17)(H,15,18,20). The number of hydrogen-bond donors (Lipinski definition) is 3. The lowest BCUT2D eigenvalue weighted by molar-refractivity contribution is -0.114. The van der Waals surface area contributed by atoms with E-state index >= 15 is 0 Å². The lowest BCUT2D eigenvalue weighted by Crippen LogP contribution is -2.30. The number of H-pyrrole nitrogens is 1. The molecule has 1 heterocycles. The number of rotatable bonds is 2. The maximum absolute atomic E-state index is 13.3. The van der Waals surface area contributed by atoms with E-state index in [0.29, 0.717) is 10.3 Å². The van der Waals surface area contributed by atoms with E-state index in [4.69, 9.17) is 0 Å². The first-order chi connectivity index (χ1) is 9.40. The Balaban J connectivity index is 2.63. The summed E-state index contributed by atoms with van der Waals surface area (Å²) in [6, 6.07) is 5.80. The van der Waals surface area contributed by atoms with E-state index in [-0.39, 0.29) is 11.6 Å². The Morgan fingerprint density at radius 3 is 2.75 bits per heavy atom. The Kier molecular flexibility index (Phi) is 3.38. The van der Waals surface area contributed by atoms with Crippen molar-refractivity contribution in [3.8, 4) is 11.6 Å². The first-order valence-electron chi connectivity index (χ1n) is 5.52. The van der Waals surface area contributed by atoms with Crippen molar-refractivity contribution >= 4 is 11.6 Å². The van der Waals surface area contributed by atoms with Gasteiger partial charge in [0.2, 0.25) is 17.6 Å². The summed E-state index contributed by atoms with van der Waals surface area (Å²) in [6.45, 7) is 1.30. The summed E-state index contributed by atoms with van der Waals surface area (Å²) < 4.78 is 13.9. The predicted octanol–water partition coefficient (Wildman–Crippen LogP) is 0.329. The minimum atomic E-state index is -1.46. The molecule has 2 aromatic rings. The fourth-order valence-corrected chi connectivity index (χ4v) is 1.67. The molecule has 0 saturated carbocycles. The van der Waals surface area contributed by atoms with Crippen LogP contribution in [0.25, 0.3) is 5.69 Å². The number of carbonyl (C=O) groups is 1. The molecule has 8 heteroatoms. The highest BCUT2D eigenvalue weighted by atomic mass is 19.1. The molecule has 104 valence electrons. The van der Waals surface area contributed by atoms with Gasteiger partial charge >= 0.3 is 5.69 Å². The second kappa shape index (κ2) is 5.00. The SMILES string of the molecule is CC(=O)Nc1cccc(-n2c(O)c(F)c(=O)[nH]c2=O)c1. The van der Waals surface area contributed by atoms with Gasteiger partial charge in [0.25, 0.3) is 5.56 Å². The molecular weight excluding hydrogens is 269 g/mol. The van der Waals surface area contributed by atoms with Crippen molar-refractivity contribution in [3.63, 3.8) is 0 Å². The molecule has 0 spiro atoms. The molecule has 0 radical (unpaired) electrons. The highest BCUT2D eigenvalue weighted by molar-refractivity contribution is 5.88. The molecule has 0 aliphatic rings. The highest BCUT2D eigenvalue weighted by Crippen LogP contribution is 2.18. The lowest BCUT2D eigenvalue weighted by atomic mass is 10.2. The maximum Gasteiger partial charge on any atom is 0.335 e. The summed E-state index contributed by atoms with van der Waals surface area (Å²) in [5, 5.41) is 12.0. The van der Waals surface area contributed by atoms with Gasteiger partial charge in [-0.25, -0.2) is 9.36 Å². The van der Waals surface area contributed by atoms with Crippen molar-refractivity contribution in [2.75, 3.05) is 5.32 Å². The van der Waals surface area contributed by atoms with Crippen molar-refractivity contribution in [1.82, 2.24) is 9.55 Å². The number of aromatic amines is 1. The monoisotopic (exact) mass is 279 g/mol. The number of hydrogen-bond acceptors (Lipinski definition) is 4. The number of nitrogens with zero attached hydrogens (tertiary/aromatic N) is 1. The molecule has 0 atom stereocenters. The summed E-state index contributed by atoms with van der Waals surface area (Å²) in [7, 11) is 0. The van der Waals surface area contributed by atoms with Crippen molar-refractivity contribution in [1.29, 1.82) is 0 Å². The second-order valence-corrected chi connectivity index (χ2v) is 3.96. The van der Waals surface area contributed by atoms with Gasteiger partial charge < -0.3 is 10.4 Å². The van der Waals surface area contributed by atoms with Crippen LogP contribution < -0.4 is 16.6 Å². The van der Waals surface area contributed by atoms with Gasteiger partial charge in [0, 0.05) is 12.6 Å². The van der Waals surface area contributed by atoms with E-state index in [1.165, 1.54) is 25.1 Å². The first kappa shape index (κ1) is 13.5. The number of benzene rings is 1. The van der Waals surface area contributed by atoms with Crippen LogP contribution in [-0.2, 0) is 4.79 Å². The van der Waals surface area contributed by atoms with E-state index in [2.05, 4.69) is 5.32 Å². The quantitative estimate of drug-likeness (QED) is 0.736. The molecule has 0 fully saturated rings. The Morgan fingerprint density at radius 2 is 2.10 bits per heavy atom. The molecule has 20 heavy (non-hydrogen) atoms. The van der Waals surface area contributed by atoms with Gasteiger partial charge in [-0.15, -0.1) is 0 Å². The van der Waals surface area contributed by atoms with Gasteiger partial charge in [0.05, 0.1) is 5.69 Å². The van der Waals surface area contributed by atoms with Crippen molar-refractivity contribution in [2.45, 2.75) is 6.92 Å². The Morgan fingerprint density at radius 1 is 1.40 bits per heavy atom. The molecule has 1 aromatic carbocycles. The second-order valence-electron chi connectivity index (χ2n) is 3.96. The zero-order valence-corrected chi connectivity index (χ0v) is 10.3.